The van der Waals surface area contributed by atoms with Gasteiger partial charge in [0, 0.05) is 18.0 Å². The highest BCUT2D eigenvalue weighted by Gasteiger charge is 2.22. The first-order chi connectivity index (χ1) is 12.6. The first kappa shape index (κ1) is 17.7. The number of carbonyl (C=O) groups excluding carboxylic acids is 1. The summed E-state index contributed by atoms with van der Waals surface area (Å²) in [5, 5.41) is 3.56. The molecule has 136 valence electrons. The summed E-state index contributed by atoms with van der Waals surface area (Å²) in [5.41, 5.74) is 3.15. The third-order valence-corrected chi connectivity index (χ3v) is 4.34. The number of aromatic nitrogens is 1. The summed E-state index contributed by atoms with van der Waals surface area (Å²) in [6.07, 6.45) is 2.61. The zero-order valence-electron chi connectivity index (χ0n) is 15.3. The van der Waals surface area contributed by atoms with Gasteiger partial charge in [0.15, 0.2) is 11.5 Å². The van der Waals surface area contributed by atoms with E-state index >= 15 is 0 Å². The third-order valence-electron chi connectivity index (χ3n) is 4.34. The molecule has 1 amide bonds. The number of aryl methyl sites for hydroxylation is 1. The molecule has 26 heavy (non-hydrogen) atoms. The number of carbonyl (C=O) groups is 1. The van der Waals surface area contributed by atoms with Gasteiger partial charge in [-0.1, -0.05) is 19.1 Å². The first-order valence-electron chi connectivity index (χ1n) is 8.33. The minimum atomic E-state index is -0.231. The van der Waals surface area contributed by atoms with Crippen LogP contribution in [0.1, 0.15) is 22.8 Å². The number of hydrogen-bond donors (Lipinski definition) is 2. The smallest absolute Gasteiger partial charge is 0.257 e. The molecule has 6 heteroatoms. The van der Waals surface area contributed by atoms with Gasteiger partial charge in [0.25, 0.3) is 5.91 Å². The lowest BCUT2D eigenvalue weighted by molar-refractivity contribution is 0.102. The van der Waals surface area contributed by atoms with Crippen LogP contribution in [0.3, 0.4) is 0 Å². The Bertz CT molecular complexity index is 929. The summed E-state index contributed by atoms with van der Waals surface area (Å²) >= 11 is 0. The molecule has 0 saturated heterocycles. The largest absolute Gasteiger partial charge is 0.493 e. The highest BCUT2D eigenvalue weighted by molar-refractivity contribution is 6.15. The Balaban J connectivity index is 2.02. The van der Waals surface area contributed by atoms with Crippen molar-refractivity contribution in [1.82, 2.24) is 4.98 Å². The van der Waals surface area contributed by atoms with E-state index < -0.39 is 0 Å². The number of nitrogens with one attached hydrogen (secondary N) is 2. The maximum absolute atomic E-state index is 12.8. The van der Waals surface area contributed by atoms with E-state index in [4.69, 9.17) is 14.2 Å². The van der Waals surface area contributed by atoms with Gasteiger partial charge in [-0.15, -0.1) is 0 Å². The predicted octanol–water partition coefficient (Wildman–Crippen LogP) is 4.01. The number of H-pyrrole nitrogens is 1. The van der Waals surface area contributed by atoms with Crippen LogP contribution in [-0.2, 0) is 6.42 Å². The average molecular weight is 354 g/mol. The summed E-state index contributed by atoms with van der Waals surface area (Å²) in [7, 11) is 4.63. The van der Waals surface area contributed by atoms with Gasteiger partial charge < -0.3 is 24.5 Å². The Morgan fingerprint density at radius 3 is 2.31 bits per heavy atom. The highest BCUT2D eigenvalue weighted by atomic mass is 16.5. The number of fused-ring (bicyclic) bond motifs is 1. The van der Waals surface area contributed by atoms with Crippen LogP contribution < -0.4 is 19.5 Å². The number of ether oxygens (including phenoxy) is 3. The topological polar surface area (TPSA) is 72.6 Å². The number of aromatic amines is 1. The van der Waals surface area contributed by atoms with Gasteiger partial charge in [0.1, 0.15) is 0 Å². The Kier molecular flexibility index (Phi) is 5.02. The lowest BCUT2D eigenvalue weighted by Crippen LogP contribution is -2.11. The average Bonchev–Trinajstić information content (AvgIpc) is 3.10. The maximum atomic E-state index is 12.8. The SMILES string of the molecule is CCc1ccc(NC(=O)c2c[nH]c3cc(OC)c(OC)c(OC)c23)cc1. The molecule has 0 bridgehead atoms. The molecule has 0 aliphatic rings. The Labute approximate surface area is 152 Å². The number of benzene rings is 2. The second kappa shape index (κ2) is 7.39. The number of methoxy groups -OCH3 is 3. The molecule has 0 aliphatic carbocycles. The highest BCUT2D eigenvalue weighted by Crippen LogP contribution is 2.44. The molecule has 1 aromatic heterocycles. The quantitative estimate of drug-likeness (QED) is 0.701. The summed E-state index contributed by atoms with van der Waals surface area (Å²) in [6.45, 7) is 2.09. The van der Waals surface area contributed by atoms with Crippen LogP contribution in [0.4, 0.5) is 5.69 Å². The van der Waals surface area contributed by atoms with Gasteiger partial charge in [0.2, 0.25) is 5.75 Å². The van der Waals surface area contributed by atoms with Crippen molar-refractivity contribution in [2.24, 2.45) is 0 Å². The van der Waals surface area contributed by atoms with Crippen molar-refractivity contribution >= 4 is 22.5 Å². The zero-order chi connectivity index (χ0) is 18.7. The molecule has 3 rings (SSSR count). The lowest BCUT2D eigenvalue weighted by atomic mass is 10.1. The van der Waals surface area contributed by atoms with Gasteiger partial charge in [-0.3, -0.25) is 4.79 Å². The Morgan fingerprint density at radius 1 is 1.04 bits per heavy atom. The molecule has 3 aromatic rings. The predicted molar refractivity (Wildman–Crippen MR) is 102 cm³/mol. The summed E-state index contributed by atoms with van der Waals surface area (Å²) in [4.78, 5) is 15.9. The van der Waals surface area contributed by atoms with Crippen LogP contribution in [0.5, 0.6) is 17.2 Å². The number of anilines is 1. The van der Waals surface area contributed by atoms with Crippen LogP contribution in [0, 0.1) is 0 Å². The van der Waals surface area contributed by atoms with Crippen molar-refractivity contribution in [2.75, 3.05) is 26.6 Å². The minimum absolute atomic E-state index is 0.231. The molecule has 0 unspecified atom stereocenters. The van der Waals surface area contributed by atoms with Crippen LogP contribution in [0.25, 0.3) is 10.9 Å². The molecular formula is C20H22N2O4. The summed E-state index contributed by atoms with van der Waals surface area (Å²) in [5.74, 6) is 1.20. The van der Waals surface area contributed by atoms with E-state index in [0.717, 1.165) is 17.6 Å². The van der Waals surface area contributed by atoms with Crippen molar-refractivity contribution in [3.8, 4) is 17.2 Å². The Hall–Kier alpha value is -3.15. The van der Waals surface area contributed by atoms with Gasteiger partial charge in [-0.25, -0.2) is 0 Å². The first-order valence-corrected chi connectivity index (χ1v) is 8.33. The number of hydrogen-bond acceptors (Lipinski definition) is 4. The molecule has 1 heterocycles. The second-order valence-corrected chi connectivity index (χ2v) is 5.77. The number of amides is 1. The van der Waals surface area contributed by atoms with E-state index in [1.165, 1.54) is 19.8 Å². The molecule has 0 spiro atoms. The minimum Gasteiger partial charge on any atom is -0.493 e. The fraction of sp³-hybridized carbons (Fsp3) is 0.250. The van der Waals surface area contributed by atoms with E-state index in [1.54, 1.807) is 19.4 Å². The van der Waals surface area contributed by atoms with Crippen LogP contribution in [0.15, 0.2) is 36.5 Å². The standard InChI is InChI=1S/C20H22N2O4/c1-5-12-6-8-13(9-7-12)22-20(23)14-11-21-15-10-16(24-2)18(25-3)19(26-4)17(14)15/h6-11,21H,5H2,1-4H3,(H,22,23). The van der Waals surface area contributed by atoms with Crippen molar-refractivity contribution < 1.29 is 19.0 Å². The molecule has 2 aromatic carbocycles. The normalized spacial score (nSPS) is 10.6. The van der Waals surface area contributed by atoms with Crippen LogP contribution in [0.2, 0.25) is 0 Å². The van der Waals surface area contributed by atoms with Gasteiger partial charge in [0.05, 0.1) is 37.8 Å². The van der Waals surface area contributed by atoms with Crippen LogP contribution >= 0.6 is 0 Å². The fourth-order valence-electron chi connectivity index (χ4n) is 2.96. The summed E-state index contributed by atoms with van der Waals surface area (Å²) in [6, 6.07) is 9.57. The molecular weight excluding hydrogens is 332 g/mol. The Morgan fingerprint density at radius 2 is 1.73 bits per heavy atom. The van der Waals surface area contributed by atoms with Crippen molar-refractivity contribution in [3.63, 3.8) is 0 Å². The molecule has 0 saturated carbocycles. The second-order valence-electron chi connectivity index (χ2n) is 5.77. The molecule has 0 atom stereocenters. The molecule has 0 radical (unpaired) electrons. The van der Waals surface area contributed by atoms with Gasteiger partial charge >= 0.3 is 0 Å². The fourth-order valence-corrected chi connectivity index (χ4v) is 2.96. The van der Waals surface area contributed by atoms with E-state index in [2.05, 4.69) is 17.2 Å². The van der Waals surface area contributed by atoms with Crippen LogP contribution in [-0.4, -0.2) is 32.2 Å². The monoisotopic (exact) mass is 354 g/mol. The van der Waals surface area contributed by atoms with Crippen molar-refractivity contribution in [1.29, 1.82) is 0 Å². The molecule has 2 N–H and O–H groups in total. The van der Waals surface area contributed by atoms with Gasteiger partial charge in [-0.2, -0.15) is 0 Å². The summed E-state index contributed by atoms with van der Waals surface area (Å²) < 4.78 is 16.3. The molecule has 6 nitrogen and oxygen atoms in total. The molecule has 0 fully saturated rings. The van der Waals surface area contributed by atoms with Gasteiger partial charge in [-0.05, 0) is 24.1 Å². The zero-order valence-corrected chi connectivity index (χ0v) is 15.3. The van der Waals surface area contributed by atoms with Crippen molar-refractivity contribution in [3.05, 3.63) is 47.7 Å². The maximum Gasteiger partial charge on any atom is 0.257 e. The van der Waals surface area contributed by atoms with E-state index in [-0.39, 0.29) is 5.91 Å². The van der Waals surface area contributed by atoms with E-state index in [0.29, 0.717) is 28.2 Å². The molecule has 0 aliphatic heterocycles. The van der Waals surface area contributed by atoms with Crippen molar-refractivity contribution in [2.45, 2.75) is 13.3 Å². The third kappa shape index (κ3) is 3.06. The lowest BCUT2D eigenvalue weighted by Gasteiger charge is -2.14. The van der Waals surface area contributed by atoms with E-state index in [9.17, 15) is 4.79 Å². The van der Waals surface area contributed by atoms with E-state index in [1.807, 2.05) is 24.3 Å². The number of rotatable bonds is 6.